The van der Waals surface area contributed by atoms with Crippen LogP contribution in [0.2, 0.25) is 0 Å². The quantitative estimate of drug-likeness (QED) is 0.612. The third-order valence-electron chi connectivity index (χ3n) is 9.53. The molecule has 194 valence electrons. The number of ether oxygens (including phenoxy) is 2. The first-order chi connectivity index (χ1) is 17.3. The Balaban J connectivity index is 1.12. The first-order valence-corrected chi connectivity index (χ1v) is 13.6. The van der Waals surface area contributed by atoms with Gasteiger partial charge < -0.3 is 14.8 Å². The molecule has 36 heavy (non-hydrogen) atoms. The molecule has 1 N–H and O–H groups in total. The fraction of sp³-hybridized carbons (Fsp3) is 0.655. The molecule has 0 radical (unpaired) electrons. The average Bonchev–Trinajstić information content (AvgIpc) is 3.50. The third-order valence-corrected chi connectivity index (χ3v) is 9.53. The number of hydrogen-bond acceptors (Lipinski definition) is 5. The van der Waals surface area contributed by atoms with Gasteiger partial charge in [-0.15, -0.1) is 0 Å². The van der Waals surface area contributed by atoms with Crippen molar-refractivity contribution in [2.24, 2.45) is 11.3 Å². The number of piperidine rings is 1. The maximum atomic E-state index is 14.5. The van der Waals surface area contributed by atoms with Crippen molar-refractivity contribution in [1.82, 2.24) is 9.88 Å². The molecule has 4 aliphatic rings. The van der Waals surface area contributed by atoms with Gasteiger partial charge in [-0.1, -0.05) is 6.07 Å². The normalized spacial score (nSPS) is 34.7. The van der Waals surface area contributed by atoms with Crippen molar-refractivity contribution in [2.75, 3.05) is 38.2 Å². The molecule has 2 saturated carbocycles. The number of aromatic nitrogens is 1. The fourth-order valence-corrected chi connectivity index (χ4v) is 7.05. The number of carbonyl (C=O) groups is 1. The second-order valence-corrected chi connectivity index (χ2v) is 11.8. The van der Waals surface area contributed by atoms with Gasteiger partial charge in [0.25, 0.3) is 0 Å². The number of likely N-dealkylation sites (tertiary alicyclic amines) is 1. The predicted molar refractivity (Wildman–Crippen MR) is 138 cm³/mol. The van der Waals surface area contributed by atoms with Crippen LogP contribution in [0.3, 0.4) is 0 Å². The highest BCUT2D eigenvalue weighted by Crippen LogP contribution is 2.66. The zero-order chi connectivity index (χ0) is 25.1. The molecule has 3 heterocycles. The van der Waals surface area contributed by atoms with Gasteiger partial charge in [-0.3, -0.25) is 9.69 Å². The van der Waals surface area contributed by atoms with Crippen molar-refractivity contribution in [3.05, 3.63) is 35.5 Å². The number of nitrogens with one attached hydrogen (secondary N) is 1. The maximum Gasteiger partial charge on any atom is 0.229 e. The lowest BCUT2D eigenvalue weighted by Crippen LogP contribution is -2.55. The second-order valence-electron chi connectivity index (χ2n) is 11.8. The number of hydrogen-bond donors (Lipinski definition) is 1. The van der Waals surface area contributed by atoms with Crippen LogP contribution in [-0.2, 0) is 14.3 Å². The molecule has 6 nitrogen and oxygen atoms in total. The van der Waals surface area contributed by atoms with Gasteiger partial charge in [0.05, 0.1) is 24.9 Å². The first kappa shape index (κ1) is 24.3. The van der Waals surface area contributed by atoms with Crippen LogP contribution in [0, 0.1) is 18.3 Å². The highest BCUT2D eigenvalue weighted by molar-refractivity contribution is 5.96. The molecular weight excluding hydrogens is 457 g/mol. The summed E-state index contributed by atoms with van der Waals surface area (Å²) in [4.78, 5) is 19.7. The monoisotopic (exact) mass is 495 g/mol. The topological polar surface area (TPSA) is 63.7 Å². The zero-order valence-corrected chi connectivity index (χ0v) is 21.7. The van der Waals surface area contributed by atoms with Crippen molar-refractivity contribution in [2.45, 2.75) is 76.6 Å². The number of anilines is 1. The zero-order valence-electron chi connectivity index (χ0n) is 21.7. The van der Waals surface area contributed by atoms with Crippen LogP contribution < -0.4 is 5.32 Å². The van der Waals surface area contributed by atoms with Gasteiger partial charge in [0.15, 0.2) is 0 Å². The van der Waals surface area contributed by atoms with E-state index in [0.717, 1.165) is 62.6 Å². The van der Waals surface area contributed by atoms with Crippen molar-refractivity contribution >= 4 is 22.5 Å². The van der Waals surface area contributed by atoms with Crippen molar-refractivity contribution < 1.29 is 18.7 Å². The van der Waals surface area contributed by atoms with Gasteiger partial charge in [-0.05, 0) is 106 Å². The number of aryl methyl sites for hydroxylation is 1. The van der Waals surface area contributed by atoms with E-state index in [2.05, 4.69) is 34.3 Å². The van der Waals surface area contributed by atoms with E-state index in [0.29, 0.717) is 24.4 Å². The number of carbonyl (C=O) groups excluding carboxylic acids is 1. The summed E-state index contributed by atoms with van der Waals surface area (Å²) in [5.74, 6) is 1.25. The third kappa shape index (κ3) is 4.13. The Hall–Kier alpha value is -2.09. The number of amides is 1. The number of fused-ring (bicyclic) bond motifs is 1. The first-order valence-electron chi connectivity index (χ1n) is 13.6. The van der Waals surface area contributed by atoms with Crippen LogP contribution in [0.1, 0.15) is 63.0 Å². The van der Waals surface area contributed by atoms with Crippen molar-refractivity contribution in [3.63, 3.8) is 0 Å². The molecule has 1 amide bonds. The van der Waals surface area contributed by atoms with E-state index in [1.54, 1.807) is 0 Å². The Labute approximate surface area is 212 Å². The lowest BCUT2D eigenvalue weighted by atomic mass is 9.77. The summed E-state index contributed by atoms with van der Waals surface area (Å²) in [5.41, 5.74) is 2.30. The summed E-state index contributed by atoms with van der Waals surface area (Å²) in [6.07, 6.45) is 6.27. The van der Waals surface area contributed by atoms with Crippen LogP contribution in [0.15, 0.2) is 24.4 Å². The molecule has 6 rings (SSSR count). The summed E-state index contributed by atoms with van der Waals surface area (Å²) in [5, 5.41) is 5.27. The molecule has 1 spiro atoms. The Bertz CT molecular complexity index is 1160. The molecule has 0 bridgehead atoms. The minimum atomic E-state index is -0.918. The molecule has 2 aliphatic heterocycles. The van der Waals surface area contributed by atoms with Gasteiger partial charge in [0.1, 0.15) is 12.0 Å². The second kappa shape index (κ2) is 9.03. The van der Waals surface area contributed by atoms with Crippen LogP contribution in [0.25, 0.3) is 10.8 Å². The molecule has 3 atom stereocenters. The van der Waals surface area contributed by atoms with Crippen molar-refractivity contribution in [1.29, 1.82) is 0 Å². The van der Waals surface area contributed by atoms with Gasteiger partial charge in [-0.2, -0.15) is 0 Å². The number of pyridine rings is 1. The summed E-state index contributed by atoms with van der Waals surface area (Å²) < 4.78 is 25.6. The van der Waals surface area contributed by atoms with Crippen LogP contribution >= 0.6 is 0 Å². The molecule has 2 aliphatic carbocycles. The van der Waals surface area contributed by atoms with Gasteiger partial charge in [0.2, 0.25) is 5.91 Å². The molecule has 2 aromatic rings. The SMILES string of the molecule is CCOC1CC2(C1)C[C@@H]2C(=O)Nc1cc2cc(C3CCN([C@]4(C)COC[C@@H]4F)CC3)c(C)cc2cn1. The van der Waals surface area contributed by atoms with Gasteiger partial charge in [0, 0.05) is 24.1 Å². The lowest BCUT2D eigenvalue weighted by Gasteiger charge is -2.43. The maximum absolute atomic E-state index is 14.5. The van der Waals surface area contributed by atoms with Crippen LogP contribution in [0.5, 0.6) is 0 Å². The van der Waals surface area contributed by atoms with E-state index in [1.165, 1.54) is 11.1 Å². The standard InChI is InChI=1S/C29H38FN3O3/c1-4-36-22-12-29(13-22)14-24(29)27(34)32-26-11-20-10-23(18(2)9-21(20)15-31-26)19-5-7-33(8-6-19)28(3)17-35-16-25(28)30/h9-11,15,19,22,24-25H,4-8,12-14,16-17H2,1-3H3,(H,31,32,34)/t22?,24-,25+,28-,29?/m1/s1. The Morgan fingerprint density at radius 3 is 2.69 bits per heavy atom. The van der Waals surface area contributed by atoms with Crippen molar-refractivity contribution in [3.8, 4) is 0 Å². The molecular formula is C29H38FN3O3. The Morgan fingerprint density at radius 2 is 2.00 bits per heavy atom. The summed E-state index contributed by atoms with van der Waals surface area (Å²) in [6.45, 7) is 9.39. The molecule has 1 aromatic carbocycles. The van der Waals surface area contributed by atoms with Crippen LogP contribution in [0.4, 0.5) is 10.2 Å². The lowest BCUT2D eigenvalue weighted by molar-refractivity contribution is -0.120. The molecule has 2 saturated heterocycles. The number of nitrogens with zero attached hydrogens (tertiary/aromatic N) is 2. The molecule has 7 heteroatoms. The Morgan fingerprint density at radius 1 is 1.22 bits per heavy atom. The van der Waals surface area contributed by atoms with Gasteiger partial charge >= 0.3 is 0 Å². The number of alkyl halides is 1. The summed E-state index contributed by atoms with van der Waals surface area (Å²) in [7, 11) is 0. The average molecular weight is 496 g/mol. The summed E-state index contributed by atoms with van der Waals surface area (Å²) >= 11 is 0. The van der Waals surface area contributed by atoms with Gasteiger partial charge in [-0.25, -0.2) is 9.37 Å². The smallest absolute Gasteiger partial charge is 0.229 e. The van der Waals surface area contributed by atoms with E-state index in [1.807, 2.05) is 26.1 Å². The predicted octanol–water partition coefficient (Wildman–Crippen LogP) is 4.99. The molecule has 4 fully saturated rings. The van der Waals surface area contributed by atoms with E-state index in [-0.39, 0.29) is 23.8 Å². The number of benzene rings is 1. The minimum Gasteiger partial charge on any atom is -0.378 e. The molecule has 0 unspecified atom stereocenters. The highest BCUT2D eigenvalue weighted by Gasteiger charge is 2.64. The summed E-state index contributed by atoms with van der Waals surface area (Å²) in [6, 6.07) is 6.49. The van der Waals surface area contributed by atoms with Crippen LogP contribution in [-0.4, -0.2) is 66.5 Å². The number of rotatable bonds is 6. The highest BCUT2D eigenvalue weighted by atomic mass is 19.1. The number of halogens is 1. The van der Waals surface area contributed by atoms with E-state index in [9.17, 15) is 9.18 Å². The van der Waals surface area contributed by atoms with E-state index >= 15 is 0 Å². The van der Waals surface area contributed by atoms with E-state index in [4.69, 9.17) is 9.47 Å². The molecule has 1 aromatic heterocycles. The minimum absolute atomic E-state index is 0.0847. The largest absolute Gasteiger partial charge is 0.378 e. The Kier molecular flexibility index (Phi) is 6.09. The fourth-order valence-electron chi connectivity index (χ4n) is 7.05. The van der Waals surface area contributed by atoms with E-state index < -0.39 is 11.7 Å².